The van der Waals surface area contributed by atoms with Gasteiger partial charge < -0.3 is 0 Å². The number of allylic oxidation sites excluding steroid dienone is 2. The zero-order valence-electron chi connectivity index (χ0n) is 20.6. The molecule has 0 saturated carbocycles. The Kier molecular flexibility index (Phi) is 13.1. The molecule has 0 aliphatic rings. The van der Waals surface area contributed by atoms with E-state index in [9.17, 15) is 0 Å². The smallest absolute Gasteiger partial charge is 0.0239 e. The Labute approximate surface area is 185 Å². The first-order chi connectivity index (χ1) is 13.7. The van der Waals surface area contributed by atoms with Gasteiger partial charge >= 0.3 is 0 Å². The first kappa shape index (κ1) is 26.4. The number of rotatable bonds is 14. The van der Waals surface area contributed by atoms with Crippen LogP contribution in [0.4, 0.5) is 0 Å². The minimum absolute atomic E-state index is 0.824. The third kappa shape index (κ3) is 11.4. The van der Waals surface area contributed by atoms with Crippen molar-refractivity contribution in [2.45, 2.75) is 113 Å². The zero-order valence-corrected chi connectivity index (χ0v) is 21.8. The van der Waals surface area contributed by atoms with Crippen LogP contribution >= 0.6 is 9.24 Å². The summed E-state index contributed by atoms with van der Waals surface area (Å²) in [6.45, 7) is 16.3. The molecule has 0 amide bonds. The molecule has 0 bridgehead atoms. The van der Waals surface area contributed by atoms with E-state index >= 15 is 0 Å². The van der Waals surface area contributed by atoms with Gasteiger partial charge in [-0.1, -0.05) is 77.2 Å². The Hall–Kier alpha value is -0.610. The third-order valence-electron chi connectivity index (χ3n) is 6.68. The molecule has 0 saturated heterocycles. The van der Waals surface area contributed by atoms with Gasteiger partial charge in [-0.25, -0.2) is 0 Å². The topological polar surface area (TPSA) is 0 Å². The molecule has 0 aliphatic heterocycles. The summed E-state index contributed by atoms with van der Waals surface area (Å²) >= 11 is 0. The molecule has 0 fully saturated rings. The molecule has 1 heteroatoms. The molecule has 3 unspecified atom stereocenters. The SMILES string of the molecule is C/C(=C\CCC(C)C)CCCC(C)CCCC(C)CCc1ccc(C)c(C)c1P. The predicted octanol–water partition coefficient (Wildman–Crippen LogP) is 8.73. The molecule has 0 nitrogen and oxygen atoms in total. The van der Waals surface area contributed by atoms with Gasteiger partial charge in [-0.05, 0) is 99.0 Å². The van der Waals surface area contributed by atoms with Gasteiger partial charge in [0.25, 0.3) is 0 Å². The monoisotopic (exact) mass is 416 g/mol. The highest BCUT2D eigenvalue weighted by Gasteiger charge is 2.09. The maximum atomic E-state index is 2.97. The van der Waals surface area contributed by atoms with Crippen LogP contribution < -0.4 is 5.30 Å². The van der Waals surface area contributed by atoms with E-state index in [4.69, 9.17) is 0 Å². The van der Waals surface area contributed by atoms with Crippen molar-refractivity contribution in [1.82, 2.24) is 0 Å². The number of benzene rings is 1. The fraction of sp³-hybridized carbons (Fsp3) is 0.714. The van der Waals surface area contributed by atoms with Crippen molar-refractivity contribution in [3.05, 3.63) is 40.5 Å². The largest absolute Gasteiger partial charge is 0.105 e. The van der Waals surface area contributed by atoms with E-state index in [0.717, 1.165) is 17.8 Å². The van der Waals surface area contributed by atoms with E-state index in [2.05, 4.69) is 75.9 Å². The summed E-state index contributed by atoms with van der Waals surface area (Å²) in [6.07, 6.45) is 15.8. The van der Waals surface area contributed by atoms with Crippen LogP contribution in [0, 0.1) is 31.6 Å². The average Bonchev–Trinajstić information content (AvgIpc) is 2.65. The van der Waals surface area contributed by atoms with Crippen molar-refractivity contribution in [2.75, 3.05) is 0 Å². The lowest BCUT2D eigenvalue weighted by Crippen LogP contribution is -2.09. The summed E-state index contributed by atoms with van der Waals surface area (Å²) in [4.78, 5) is 0. The Morgan fingerprint density at radius 1 is 0.897 bits per heavy atom. The first-order valence-corrected chi connectivity index (χ1v) is 12.8. The van der Waals surface area contributed by atoms with E-state index < -0.39 is 0 Å². The van der Waals surface area contributed by atoms with Crippen LogP contribution in [0.2, 0.25) is 0 Å². The second-order valence-corrected chi connectivity index (χ2v) is 10.8. The van der Waals surface area contributed by atoms with Crippen molar-refractivity contribution in [3.8, 4) is 0 Å². The lowest BCUT2D eigenvalue weighted by atomic mass is 9.91. The van der Waals surface area contributed by atoms with Gasteiger partial charge in [0.2, 0.25) is 0 Å². The van der Waals surface area contributed by atoms with Gasteiger partial charge in [-0.15, -0.1) is 9.24 Å². The van der Waals surface area contributed by atoms with Crippen LogP contribution in [-0.2, 0) is 6.42 Å². The molecule has 3 atom stereocenters. The predicted molar refractivity (Wildman–Crippen MR) is 137 cm³/mol. The number of aryl methyl sites for hydroxylation is 2. The summed E-state index contributed by atoms with van der Waals surface area (Å²) < 4.78 is 0. The molecule has 0 heterocycles. The summed E-state index contributed by atoms with van der Waals surface area (Å²) in [5.74, 6) is 2.54. The number of hydrogen-bond acceptors (Lipinski definition) is 0. The maximum absolute atomic E-state index is 2.97. The van der Waals surface area contributed by atoms with Crippen LogP contribution in [0.1, 0.15) is 109 Å². The van der Waals surface area contributed by atoms with Crippen molar-refractivity contribution >= 4 is 14.5 Å². The Morgan fingerprint density at radius 2 is 1.52 bits per heavy atom. The molecule has 0 radical (unpaired) electrons. The van der Waals surface area contributed by atoms with Crippen LogP contribution in [0.3, 0.4) is 0 Å². The summed E-state index contributed by atoms with van der Waals surface area (Å²) in [5.41, 5.74) is 5.97. The van der Waals surface area contributed by atoms with Crippen LogP contribution in [0.5, 0.6) is 0 Å². The molecule has 0 aliphatic carbocycles. The van der Waals surface area contributed by atoms with Gasteiger partial charge in [0.15, 0.2) is 0 Å². The molecule has 1 aromatic rings. The lowest BCUT2D eigenvalue weighted by molar-refractivity contribution is 0.405. The van der Waals surface area contributed by atoms with Gasteiger partial charge in [-0.3, -0.25) is 0 Å². The van der Waals surface area contributed by atoms with Crippen molar-refractivity contribution in [1.29, 1.82) is 0 Å². The molecule has 0 aromatic heterocycles. The van der Waals surface area contributed by atoms with E-state index in [1.165, 1.54) is 86.2 Å². The third-order valence-corrected chi connectivity index (χ3v) is 7.48. The van der Waals surface area contributed by atoms with E-state index in [-0.39, 0.29) is 0 Å². The molecular formula is C28H49P. The Bertz CT molecular complexity index is 611. The van der Waals surface area contributed by atoms with E-state index in [0.29, 0.717) is 0 Å². The fourth-order valence-corrected chi connectivity index (χ4v) is 4.58. The quantitative estimate of drug-likeness (QED) is 0.210. The normalized spacial score (nSPS) is 14.4. The average molecular weight is 417 g/mol. The Morgan fingerprint density at radius 3 is 2.17 bits per heavy atom. The van der Waals surface area contributed by atoms with Crippen LogP contribution in [-0.4, -0.2) is 0 Å². The van der Waals surface area contributed by atoms with Gasteiger partial charge in [0, 0.05) is 0 Å². The van der Waals surface area contributed by atoms with Gasteiger partial charge in [-0.2, -0.15) is 0 Å². The van der Waals surface area contributed by atoms with E-state index in [1.54, 1.807) is 5.57 Å². The zero-order chi connectivity index (χ0) is 21.8. The van der Waals surface area contributed by atoms with Gasteiger partial charge in [0.1, 0.15) is 0 Å². The molecule has 166 valence electrons. The second kappa shape index (κ2) is 14.4. The standard InChI is InChI=1S/C28H49P/c1-21(2)11-8-12-22(3)13-9-14-23(4)15-10-16-24(5)17-19-27-20-18-25(6)26(7)28(27)29/h12,18,20-21,23-24H,8-11,13-17,19,29H2,1-7H3/b22-12+. The van der Waals surface area contributed by atoms with Crippen LogP contribution in [0.15, 0.2) is 23.8 Å². The highest BCUT2D eigenvalue weighted by molar-refractivity contribution is 7.27. The second-order valence-electron chi connectivity index (χ2n) is 10.2. The molecule has 1 rings (SSSR count). The Balaban J connectivity index is 2.17. The fourth-order valence-electron chi connectivity index (χ4n) is 4.11. The molecule has 0 N–H and O–H groups in total. The minimum atomic E-state index is 0.824. The highest BCUT2D eigenvalue weighted by Crippen LogP contribution is 2.22. The maximum Gasteiger partial charge on any atom is -0.0239 e. The van der Waals surface area contributed by atoms with Crippen molar-refractivity contribution in [2.24, 2.45) is 17.8 Å². The minimum Gasteiger partial charge on any atom is -0.105 e. The van der Waals surface area contributed by atoms with Crippen molar-refractivity contribution < 1.29 is 0 Å². The summed E-state index contributed by atoms with van der Waals surface area (Å²) in [5, 5.41) is 1.43. The molecule has 1 aromatic carbocycles. The molecule has 0 spiro atoms. The first-order valence-electron chi connectivity index (χ1n) is 12.2. The highest BCUT2D eigenvalue weighted by atomic mass is 31.0. The van der Waals surface area contributed by atoms with Gasteiger partial charge in [0.05, 0.1) is 0 Å². The molecule has 29 heavy (non-hydrogen) atoms. The lowest BCUT2D eigenvalue weighted by Gasteiger charge is -2.16. The molecular weight excluding hydrogens is 367 g/mol. The van der Waals surface area contributed by atoms with Crippen LogP contribution in [0.25, 0.3) is 0 Å². The van der Waals surface area contributed by atoms with E-state index in [1.807, 2.05) is 0 Å². The summed E-state index contributed by atoms with van der Waals surface area (Å²) in [7, 11) is 2.97. The summed E-state index contributed by atoms with van der Waals surface area (Å²) in [6, 6.07) is 4.62. The number of hydrogen-bond donors (Lipinski definition) is 0. The van der Waals surface area contributed by atoms with Crippen molar-refractivity contribution in [3.63, 3.8) is 0 Å².